The van der Waals surface area contributed by atoms with Crippen LogP contribution >= 0.6 is 0 Å². The number of nitrogens with one attached hydrogen (secondary N) is 2. The van der Waals surface area contributed by atoms with Crippen LogP contribution in [-0.4, -0.2) is 31.6 Å². The van der Waals surface area contributed by atoms with E-state index in [4.69, 9.17) is 9.47 Å². The molecule has 23 heavy (non-hydrogen) atoms. The van der Waals surface area contributed by atoms with Gasteiger partial charge in [0.05, 0.1) is 19.3 Å². The van der Waals surface area contributed by atoms with E-state index in [0.717, 1.165) is 19.3 Å². The smallest absolute Gasteiger partial charge is 0.315 e. The molecule has 2 atom stereocenters. The first-order valence-corrected chi connectivity index (χ1v) is 8.46. The lowest BCUT2D eigenvalue weighted by atomic mass is 10.0. The molecule has 1 aliphatic carbocycles. The van der Waals surface area contributed by atoms with Gasteiger partial charge in [-0.15, -0.1) is 0 Å². The number of amides is 2. The van der Waals surface area contributed by atoms with Crippen LogP contribution in [0, 0.1) is 5.92 Å². The van der Waals surface area contributed by atoms with Crippen molar-refractivity contribution in [2.75, 3.05) is 19.8 Å². The van der Waals surface area contributed by atoms with Gasteiger partial charge in [-0.3, -0.25) is 0 Å². The number of rotatable bonds is 5. The number of hydrogen-bond donors (Lipinski definition) is 2. The molecule has 126 valence electrons. The van der Waals surface area contributed by atoms with E-state index in [2.05, 4.69) is 35.8 Å². The Morgan fingerprint density at radius 1 is 1.35 bits per heavy atom. The molecular weight excluding hydrogens is 292 g/mol. The number of fused-ring (bicyclic) bond motifs is 1. The predicted molar refractivity (Wildman–Crippen MR) is 88.1 cm³/mol. The molecule has 2 aliphatic rings. The van der Waals surface area contributed by atoms with Gasteiger partial charge in [-0.2, -0.15) is 0 Å². The van der Waals surface area contributed by atoms with Crippen LogP contribution in [0.1, 0.15) is 43.9 Å². The van der Waals surface area contributed by atoms with Crippen LogP contribution in [0.25, 0.3) is 0 Å². The standard InChI is InChI=1S/C18H26N2O3/c1-13(11-18(2)22-9-10-23-18)12-19-17(21)20-16-8-7-14-5-3-4-6-15(14)16/h3-6,13,16H,7-12H2,1-2H3,(H2,19,20,21)/t13-,16-/m0/s1. The summed E-state index contributed by atoms with van der Waals surface area (Å²) in [6, 6.07) is 8.35. The number of benzene rings is 1. The Morgan fingerprint density at radius 3 is 2.87 bits per heavy atom. The molecule has 0 saturated carbocycles. The van der Waals surface area contributed by atoms with E-state index in [0.29, 0.717) is 25.7 Å². The topological polar surface area (TPSA) is 59.6 Å². The second kappa shape index (κ2) is 6.89. The van der Waals surface area contributed by atoms with E-state index in [1.54, 1.807) is 0 Å². The van der Waals surface area contributed by atoms with Crippen molar-refractivity contribution in [3.63, 3.8) is 0 Å². The summed E-state index contributed by atoms with van der Waals surface area (Å²) in [5.74, 6) is -0.207. The van der Waals surface area contributed by atoms with E-state index in [1.807, 2.05) is 13.0 Å². The summed E-state index contributed by atoms with van der Waals surface area (Å²) >= 11 is 0. The van der Waals surface area contributed by atoms with Gasteiger partial charge < -0.3 is 20.1 Å². The van der Waals surface area contributed by atoms with Crippen molar-refractivity contribution in [1.82, 2.24) is 10.6 Å². The average Bonchev–Trinajstić information content (AvgIpc) is 3.13. The maximum absolute atomic E-state index is 12.1. The first-order chi connectivity index (χ1) is 11.1. The Hall–Kier alpha value is -1.59. The Labute approximate surface area is 137 Å². The second-order valence-corrected chi connectivity index (χ2v) is 6.78. The second-order valence-electron chi connectivity index (χ2n) is 6.78. The SMILES string of the molecule is C[C@H](CNC(=O)N[C@H]1CCc2ccccc21)CC1(C)OCCO1. The van der Waals surface area contributed by atoms with Gasteiger partial charge in [0.25, 0.3) is 0 Å². The highest BCUT2D eigenvalue weighted by Gasteiger charge is 2.32. The van der Waals surface area contributed by atoms with Gasteiger partial charge in [0.2, 0.25) is 0 Å². The highest BCUT2D eigenvalue weighted by atomic mass is 16.7. The Bertz CT molecular complexity index is 555. The predicted octanol–water partition coefficient (Wildman–Crippen LogP) is 2.76. The molecule has 5 nitrogen and oxygen atoms in total. The maximum atomic E-state index is 12.1. The van der Waals surface area contributed by atoms with Crippen molar-refractivity contribution in [2.45, 2.75) is 44.9 Å². The zero-order chi connectivity index (χ0) is 16.3. The minimum Gasteiger partial charge on any atom is -0.348 e. The van der Waals surface area contributed by atoms with Gasteiger partial charge in [-0.05, 0) is 36.8 Å². The first kappa shape index (κ1) is 16.3. The lowest BCUT2D eigenvalue weighted by molar-refractivity contribution is -0.153. The summed E-state index contributed by atoms with van der Waals surface area (Å²) in [5.41, 5.74) is 2.59. The van der Waals surface area contributed by atoms with E-state index in [9.17, 15) is 4.79 Å². The molecule has 1 aromatic carbocycles. The quantitative estimate of drug-likeness (QED) is 0.877. The molecule has 1 saturated heterocycles. The van der Waals surface area contributed by atoms with E-state index in [-0.39, 0.29) is 12.1 Å². The minimum atomic E-state index is -0.498. The lowest BCUT2D eigenvalue weighted by Gasteiger charge is -2.26. The zero-order valence-corrected chi connectivity index (χ0v) is 13.9. The van der Waals surface area contributed by atoms with E-state index >= 15 is 0 Å². The zero-order valence-electron chi connectivity index (χ0n) is 13.9. The summed E-state index contributed by atoms with van der Waals surface area (Å²) in [6.45, 7) is 5.98. The molecule has 2 N–H and O–H groups in total. The molecule has 1 aliphatic heterocycles. The normalized spacial score (nSPS) is 23.3. The van der Waals surface area contributed by atoms with Crippen LogP contribution in [0.3, 0.4) is 0 Å². The number of hydrogen-bond acceptors (Lipinski definition) is 3. The molecule has 2 amide bonds. The lowest BCUT2D eigenvalue weighted by Crippen LogP contribution is -2.40. The summed E-state index contributed by atoms with van der Waals surface area (Å²) in [4.78, 5) is 12.1. The first-order valence-electron chi connectivity index (χ1n) is 8.46. The van der Waals surface area contributed by atoms with Crippen molar-refractivity contribution >= 4 is 6.03 Å². The number of carbonyl (C=O) groups is 1. The van der Waals surface area contributed by atoms with Crippen molar-refractivity contribution in [3.8, 4) is 0 Å². The highest BCUT2D eigenvalue weighted by Crippen LogP contribution is 2.30. The number of urea groups is 1. The molecule has 1 heterocycles. The summed E-state index contributed by atoms with van der Waals surface area (Å²) < 4.78 is 11.2. The molecule has 1 fully saturated rings. The third kappa shape index (κ3) is 4.03. The fraction of sp³-hybridized carbons (Fsp3) is 0.611. The number of carbonyl (C=O) groups excluding carboxylic acids is 1. The summed E-state index contributed by atoms with van der Waals surface area (Å²) in [5, 5.41) is 6.05. The third-order valence-corrected chi connectivity index (χ3v) is 4.67. The van der Waals surface area contributed by atoms with Crippen molar-refractivity contribution in [2.24, 2.45) is 5.92 Å². The number of ether oxygens (including phenoxy) is 2. The van der Waals surface area contributed by atoms with Crippen molar-refractivity contribution < 1.29 is 14.3 Å². The van der Waals surface area contributed by atoms with Crippen molar-refractivity contribution in [3.05, 3.63) is 35.4 Å². The van der Waals surface area contributed by atoms with Crippen LogP contribution in [0.2, 0.25) is 0 Å². The van der Waals surface area contributed by atoms with Gasteiger partial charge in [-0.25, -0.2) is 4.79 Å². The van der Waals surface area contributed by atoms with Crippen molar-refractivity contribution in [1.29, 1.82) is 0 Å². The molecule has 0 unspecified atom stereocenters. The molecule has 5 heteroatoms. The molecule has 0 bridgehead atoms. The molecule has 1 aromatic rings. The Kier molecular flexibility index (Phi) is 4.87. The van der Waals surface area contributed by atoms with Crippen LogP contribution in [0.5, 0.6) is 0 Å². The fourth-order valence-electron chi connectivity index (χ4n) is 3.56. The summed E-state index contributed by atoms with van der Waals surface area (Å²) in [7, 11) is 0. The highest BCUT2D eigenvalue weighted by molar-refractivity contribution is 5.74. The number of aryl methyl sites for hydroxylation is 1. The third-order valence-electron chi connectivity index (χ3n) is 4.67. The van der Waals surface area contributed by atoms with E-state index in [1.165, 1.54) is 11.1 Å². The molecular formula is C18H26N2O3. The van der Waals surface area contributed by atoms with Gasteiger partial charge >= 0.3 is 6.03 Å². The van der Waals surface area contributed by atoms with Gasteiger partial charge in [0.1, 0.15) is 0 Å². The Morgan fingerprint density at radius 2 is 2.09 bits per heavy atom. The van der Waals surface area contributed by atoms with Gasteiger partial charge in [0.15, 0.2) is 5.79 Å². The average molecular weight is 318 g/mol. The van der Waals surface area contributed by atoms with E-state index < -0.39 is 5.79 Å². The Balaban J connectivity index is 1.43. The molecule has 0 spiro atoms. The fourth-order valence-corrected chi connectivity index (χ4v) is 3.56. The monoisotopic (exact) mass is 318 g/mol. The minimum absolute atomic E-state index is 0.100. The summed E-state index contributed by atoms with van der Waals surface area (Å²) in [6.07, 6.45) is 2.78. The van der Waals surface area contributed by atoms with Crippen LogP contribution in [-0.2, 0) is 15.9 Å². The largest absolute Gasteiger partial charge is 0.348 e. The van der Waals surface area contributed by atoms with Gasteiger partial charge in [0, 0.05) is 13.0 Å². The maximum Gasteiger partial charge on any atom is 0.315 e. The van der Waals surface area contributed by atoms with Crippen LogP contribution < -0.4 is 10.6 Å². The van der Waals surface area contributed by atoms with Gasteiger partial charge in [-0.1, -0.05) is 31.2 Å². The molecule has 3 rings (SSSR count). The molecule has 0 aromatic heterocycles. The molecule has 0 radical (unpaired) electrons. The van der Waals surface area contributed by atoms with Crippen LogP contribution in [0.15, 0.2) is 24.3 Å². The van der Waals surface area contributed by atoms with Crippen LogP contribution in [0.4, 0.5) is 4.79 Å².